The van der Waals surface area contributed by atoms with Gasteiger partial charge in [0.1, 0.15) is 16.7 Å². The van der Waals surface area contributed by atoms with Gasteiger partial charge in [0, 0.05) is 47.1 Å². The molecule has 0 saturated carbocycles. The Bertz CT molecular complexity index is 2960. The number of para-hydroxylation sites is 3. The summed E-state index contributed by atoms with van der Waals surface area (Å²) in [5.74, 6) is 0. The monoisotopic (exact) mass is 565 g/mol. The first-order valence-electron chi connectivity index (χ1n) is 14.4. The van der Waals surface area contributed by atoms with Gasteiger partial charge in [0.25, 0.3) is 0 Å². The van der Waals surface area contributed by atoms with E-state index in [1.807, 2.05) is 35.6 Å². The molecule has 0 atom stereocenters. The SMILES string of the molecule is c1ccc2nc3c(nc2c1)c1cc2sc4ccccc4c2c2c4ccc(-c5ccc6oc7ccccc7c6c5)cc4n3c12. The van der Waals surface area contributed by atoms with Gasteiger partial charge in [0.05, 0.1) is 22.1 Å². The summed E-state index contributed by atoms with van der Waals surface area (Å²) < 4.78 is 11.1. The third kappa shape index (κ3) is 2.75. The van der Waals surface area contributed by atoms with Gasteiger partial charge in [0.2, 0.25) is 0 Å². The van der Waals surface area contributed by atoms with E-state index >= 15 is 0 Å². The minimum atomic E-state index is 0.907. The number of hydrogen-bond donors (Lipinski definition) is 0. The maximum atomic E-state index is 6.12. The van der Waals surface area contributed by atoms with Gasteiger partial charge in [-0.3, -0.25) is 4.40 Å². The standard InChI is InChI=1S/C38H19N3OS/c1-5-11-30-22(7-1)25-17-20(14-16-31(25)42-30)21-13-15-23-29(18-21)41-37-26(36-38(41)40-28-10-4-3-9-27(28)39-36)19-33-34(35(23)37)24-8-2-6-12-32(24)43-33/h1-19H. The lowest BCUT2D eigenvalue weighted by atomic mass is 9.99. The van der Waals surface area contributed by atoms with Crippen molar-refractivity contribution < 1.29 is 4.42 Å². The third-order valence-corrected chi connectivity index (χ3v) is 10.2. The van der Waals surface area contributed by atoms with Crippen LogP contribution in [0.5, 0.6) is 0 Å². The second-order valence-electron chi connectivity index (χ2n) is 11.4. The average molecular weight is 566 g/mol. The van der Waals surface area contributed by atoms with Crippen LogP contribution in [0.25, 0.3) is 103 Å². The van der Waals surface area contributed by atoms with Crippen molar-refractivity contribution >= 4 is 103 Å². The van der Waals surface area contributed by atoms with Crippen molar-refractivity contribution in [2.45, 2.75) is 0 Å². The molecule has 6 aromatic carbocycles. The fourth-order valence-electron chi connectivity index (χ4n) is 7.23. The number of hydrogen-bond acceptors (Lipinski definition) is 4. The predicted octanol–water partition coefficient (Wildman–Crippen LogP) is 10.7. The molecule has 0 saturated heterocycles. The predicted molar refractivity (Wildman–Crippen MR) is 180 cm³/mol. The minimum Gasteiger partial charge on any atom is -0.456 e. The van der Waals surface area contributed by atoms with Crippen LogP contribution >= 0.6 is 11.3 Å². The number of benzene rings is 6. The first-order valence-corrected chi connectivity index (χ1v) is 15.2. The first-order chi connectivity index (χ1) is 21.3. The molecule has 0 aliphatic heterocycles. The molecule has 0 N–H and O–H groups in total. The molecule has 0 radical (unpaired) electrons. The molecule has 0 bridgehead atoms. The van der Waals surface area contributed by atoms with Crippen LogP contribution in [0.4, 0.5) is 0 Å². The Morgan fingerprint density at radius 2 is 1.28 bits per heavy atom. The van der Waals surface area contributed by atoms with Crippen LogP contribution in [-0.4, -0.2) is 14.4 Å². The molecule has 11 aromatic rings. The third-order valence-electron chi connectivity index (χ3n) is 9.10. The molecule has 5 heterocycles. The van der Waals surface area contributed by atoms with Gasteiger partial charge < -0.3 is 4.42 Å². The van der Waals surface area contributed by atoms with Crippen molar-refractivity contribution in [2.24, 2.45) is 0 Å². The quantitative estimate of drug-likeness (QED) is 0.199. The topological polar surface area (TPSA) is 43.3 Å². The van der Waals surface area contributed by atoms with E-state index in [9.17, 15) is 0 Å². The highest BCUT2D eigenvalue weighted by atomic mass is 32.1. The zero-order chi connectivity index (χ0) is 27.8. The summed E-state index contributed by atoms with van der Waals surface area (Å²) in [6.07, 6.45) is 0. The molecule has 0 unspecified atom stereocenters. The minimum absolute atomic E-state index is 0.907. The van der Waals surface area contributed by atoms with Gasteiger partial charge in [-0.1, -0.05) is 66.7 Å². The zero-order valence-electron chi connectivity index (χ0n) is 22.6. The van der Waals surface area contributed by atoms with Crippen LogP contribution in [0.2, 0.25) is 0 Å². The lowest BCUT2D eigenvalue weighted by Crippen LogP contribution is -1.89. The van der Waals surface area contributed by atoms with Gasteiger partial charge in [-0.05, 0) is 59.7 Å². The van der Waals surface area contributed by atoms with Crippen molar-refractivity contribution in [3.63, 3.8) is 0 Å². The molecule has 0 amide bonds. The highest BCUT2D eigenvalue weighted by molar-refractivity contribution is 7.26. The van der Waals surface area contributed by atoms with Gasteiger partial charge in [-0.25, -0.2) is 9.97 Å². The normalized spacial score (nSPS) is 12.7. The van der Waals surface area contributed by atoms with Crippen LogP contribution in [0, 0.1) is 0 Å². The number of furan rings is 1. The van der Waals surface area contributed by atoms with E-state index in [0.717, 1.165) is 66.2 Å². The van der Waals surface area contributed by atoms with E-state index in [1.165, 1.54) is 36.5 Å². The molecule has 4 nitrogen and oxygen atoms in total. The summed E-state index contributed by atoms with van der Waals surface area (Å²) in [7, 11) is 0. The van der Waals surface area contributed by atoms with E-state index in [4.69, 9.17) is 14.4 Å². The average Bonchev–Trinajstić information content (AvgIpc) is 3.79. The summed E-state index contributed by atoms with van der Waals surface area (Å²) in [5, 5.41) is 8.58. The van der Waals surface area contributed by atoms with Crippen LogP contribution in [-0.2, 0) is 0 Å². The van der Waals surface area contributed by atoms with E-state index in [0.29, 0.717) is 0 Å². The number of nitrogens with zero attached hydrogens (tertiary/aromatic N) is 3. The van der Waals surface area contributed by atoms with Crippen molar-refractivity contribution in [2.75, 3.05) is 0 Å². The van der Waals surface area contributed by atoms with Gasteiger partial charge in [-0.2, -0.15) is 0 Å². The number of fused-ring (bicyclic) bond motifs is 14. The number of thiophene rings is 1. The Kier molecular flexibility index (Phi) is 3.94. The van der Waals surface area contributed by atoms with Crippen molar-refractivity contribution in [1.82, 2.24) is 14.4 Å². The highest BCUT2D eigenvalue weighted by Gasteiger charge is 2.24. The first kappa shape index (κ1) is 22.1. The molecule has 0 spiro atoms. The van der Waals surface area contributed by atoms with Gasteiger partial charge in [0.15, 0.2) is 5.65 Å². The summed E-state index contributed by atoms with van der Waals surface area (Å²) in [5.41, 5.74) is 10.2. The van der Waals surface area contributed by atoms with E-state index < -0.39 is 0 Å². The van der Waals surface area contributed by atoms with Crippen LogP contribution in [0.3, 0.4) is 0 Å². The van der Waals surface area contributed by atoms with Gasteiger partial charge >= 0.3 is 0 Å². The lowest BCUT2D eigenvalue weighted by molar-refractivity contribution is 0.669. The summed E-state index contributed by atoms with van der Waals surface area (Å²) in [6.45, 7) is 0. The van der Waals surface area contributed by atoms with Gasteiger partial charge in [-0.15, -0.1) is 11.3 Å². The molecule has 43 heavy (non-hydrogen) atoms. The molecular weight excluding hydrogens is 547 g/mol. The Labute approximate surface area is 247 Å². The second-order valence-corrected chi connectivity index (χ2v) is 12.5. The van der Waals surface area contributed by atoms with E-state index in [1.54, 1.807) is 0 Å². The van der Waals surface area contributed by atoms with Crippen LogP contribution in [0.1, 0.15) is 0 Å². The molecule has 5 heteroatoms. The Hall–Kier alpha value is -5.52. The smallest absolute Gasteiger partial charge is 0.165 e. The summed E-state index contributed by atoms with van der Waals surface area (Å²) >= 11 is 1.86. The lowest BCUT2D eigenvalue weighted by Gasteiger charge is -2.05. The van der Waals surface area contributed by atoms with Crippen molar-refractivity contribution in [3.05, 3.63) is 115 Å². The van der Waals surface area contributed by atoms with Crippen molar-refractivity contribution in [1.29, 1.82) is 0 Å². The van der Waals surface area contributed by atoms with Crippen LogP contribution in [0.15, 0.2) is 120 Å². The molecule has 198 valence electrons. The summed E-state index contributed by atoms with van der Waals surface area (Å²) in [6, 6.07) is 40.9. The largest absolute Gasteiger partial charge is 0.456 e. The Balaban J connectivity index is 1.31. The van der Waals surface area contributed by atoms with E-state index in [2.05, 4.69) is 95.4 Å². The number of aromatic nitrogens is 3. The fraction of sp³-hybridized carbons (Fsp3) is 0. The second kappa shape index (κ2) is 7.65. The van der Waals surface area contributed by atoms with Crippen molar-refractivity contribution in [3.8, 4) is 11.1 Å². The van der Waals surface area contributed by atoms with E-state index in [-0.39, 0.29) is 0 Å². The molecule has 5 aromatic heterocycles. The molecule has 0 aliphatic rings. The molecule has 0 fully saturated rings. The van der Waals surface area contributed by atoms with Crippen LogP contribution < -0.4 is 0 Å². The number of rotatable bonds is 1. The summed E-state index contributed by atoms with van der Waals surface area (Å²) in [4.78, 5) is 10.4. The maximum absolute atomic E-state index is 6.12. The molecule has 0 aliphatic carbocycles. The zero-order valence-corrected chi connectivity index (χ0v) is 23.4. The highest BCUT2D eigenvalue weighted by Crippen LogP contribution is 2.47. The molecular formula is C38H19N3OS. The Morgan fingerprint density at radius 3 is 2.21 bits per heavy atom. The molecule has 11 rings (SSSR count). The Morgan fingerprint density at radius 1 is 0.535 bits per heavy atom. The maximum Gasteiger partial charge on any atom is 0.165 e. The fourth-order valence-corrected chi connectivity index (χ4v) is 8.39.